The normalized spacial score (nSPS) is 11.2. The van der Waals surface area contributed by atoms with E-state index in [0.717, 1.165) is 146 Å². The Morgan fingerprint density at radius 2 is 0.554 bits per heavy atom. The first kappa shape index (κ1) is 44.5. The van der Waals surface area contributed by atoms with Crippen molar-refractivity contribution in [3.8, 4) is 0 Å². The molecule has 0 amide bonds. The van der Waals surface area contributed by atoms with Crippen LogP contribution in [0.5, 0.6) is 0 Å². The number of aryl methyl sites for hydroxylation is 2. The van der Waals surface area contributed by atoms with Gasteiger partial charge in [-0.2, -0.15) is 0 Å². The van der Waals surface area contributed by atoms with Gasteiger partial charge in [0.05, 0.1) is 0 Å². The fourth-order valence-electron chi connectivity index (χ4n) is 11.5. The summed E-state index contributed by atoms with van der Waals surface area (Å²) in [6.45, 7) is 4.53. The first-order valence-corrected chi connectivity index (χ1v) is 26.0. The first-order valence-electron chi connectivity index (χ1n) is 26.0. The first-order chi connectivity index (χ1) is 36.6. The zero-order chi connectivity index (χ0) is 49.5. The SMILES string of the molecule is CCCCc1c2cccc3c#cc#cc4cccc5cc6c(c#cc7cccc8c(CCCC)c9cccc(c#cc%10c%11ccccc%11c(c#cc%11cccc1c%11cc32)c1ccccc%101)c9cc78)cccc6cc45. The van der Waals surface area contributed by atoms with Crippen molar-refractivity contribution in [1.82, 2.24) is 0 Å². The van der Waals surface area contributed by atoms with Crippen LogP contribution in [0.15, 0.2) is 182 Å². The molecule has 74 heavy (non-hydrogen) atoms. The Hall–Kier alpha value is -9.48. The van der Waals surface area contributed by atoms with Crippen LogP contribution >= 0.6 is 0 Å². The van der Waals surface area contributed by atoms with Gasteiger partial charge in [0, 0.05) is 43.1 Å². The Balaban J connectivity index is 1.16. The van der Waals surface area contributed by atoms with Crippen molar-refractivity contribution in [3.63, 3.8) is 0 Å². The maximum absolute atomic E-state index is 3.78. The molecule has 0 unspecified atom stereocenters. The summed E-state index contributed by atoms with van der Waals surface area (Å²) in [7, 11) is 0. The van der Waals surface area contributed by atoms with E-state index in [1.165, 1.54) is 32.7 Å². The molecule has 344 valence electrons. The molecule has 0 heteroatoms. The molecule has 0 aliphatic carbocycles. The molecule has 0 aliphatic heterocycles. The van der Waals surface area contributed by atoms with Crippen molar-refractivity contribution in [1.29, 1.82) is 0 Å². The summed E-state index contributed by atoms with van der Waals surface area (Å²) in [5.41, 5.74) is 2.70. The standard InChI is InChI=1S/C74H48/c1-3-5-29-57-63-35-15-23-50-20-8-7-19-49-21-13-27-55-46-70-51(22-14-28-56(70)45-69(49)55)39-40-52-24-16-36-64-58(30-6-4-2)66-38-18-26-54(74(66)48-72(52)64)42-44-68-61-33-11-9-31-59(61)67(60-32-10-12-34-62(60)68)43-41-53-25-17-37-65(57)73(53)47-71(50)63/h9-18,21-28,31-38,45-48H,3-6,29-30H2,1-2H3. The second-order valence-electron chi connectivity index (χ2n) is 19.5. The molecule has 12 bridgehead atoms. The van der Waals surface area contributed by atoms with Crippen molar-refractivity contribution in [2.24, 2.45) is 0 Å². The van der Waals surface area contributed by atoms with E-state index >= 15 is 0 Å². The maximum Gasteiger partial charge on any atom is 0.0406 e. The minimum Gasteiger partial charge on any atom is -0.0654 e. The van der Waals surface area contributed by atoms with Gasteiger partial charge in [0.1, 0.15) is 0 Å². The van der Waals surface area contributed by atoms with E-state index in [1.807, 2.05) is 0 Å². The van der Waals surface area contributed by atoms with Crippen LogP contribution in [0.3, 0.4) is 0 Å². The largest absolute Gasteiger partial charge is 0.0654 e. The van der Waals surface area contributed by atoms with Gasteiger partial charge in [-0.3, -0.25) is 0 Å². The third kappa shape index (κ3) is 7.77. The molecule has 0 spiro atoms. The molecule has 0 radical (unpaired) electrons. The predicted molar refractivity (Wildman–Crippen MR) is 315 cm³/mol. The molecule has 0 aliphatic rings. The summed E-state index contributed by atoms with van der Waals surface area (Å²) < 4.78 is 0. The maximum atomic E-state index is 3.78. The summed E-state index contributed by atoms with van der Waals surface area (Å²) in [5, 5.41) is 26.3. The van der Waals surface area contributed by atoms with Gasteiger partial charge < -0.3 is 0 Å². The third-order valence-corrected chi connectivity index (χ3v) is 15.1. The Kier molecular flexibility index (Phi) is 11.4. The molecule has 0 nitrogen and oxygen atoms in total. The predicted octanol–water partition coefficient (Wildman–Crippen LogP) is 19.6. The van der Waals surface area contributed by atoms with Gasteiger partial charge in [0.15, 0.2) is 0 Å². The molecule has 0 saturated heterocycles. The van der Waals surface area contributed by atoms with Crippen LogP contribution < -0.4 is 0 Å². The van der Waals surface area contributed by atoms with Crippen molar-refractivity contribution in [2.75, 3.05) is 0 Å². The highest BCUT2D eigenvalue weighted by molar-refractivity contribution is 6.24. The van der Waals surface area contributed by atoms with E-state index in [0.29, 0.717) is 0 Å². The van der Waals surface area contributed by atoms with Crippen LogP contribution in [0.1, 0.15) is 50.7 Å². The van der Waals surface area contributed by atoms with E-state index < -0.39 is 0 Å². The minimum absolute atomic E-state index is 0.949. The van der Waals surface area contributed by atoms with E-state index in [4.69, 9.17) is 0 Å². The average Bonchev–Trinajstić information content (AvgIpc) is 3.45. The van der Waals surface area contributed by atoms with Crippen LogP contribution in [0.25, 0.3) is 129 Å². The fourth-order valence-corrected chi connectivity index (χ4v) is 11.5. The zero-order valence-corrected chi connectivity index (χ0v) is 41.6. The molecule has 16 rings (SSSR count). The van der Waals surface area contributed by atoms with Gasteiger partial charge >= 0.3 is 0 Å². The number of rotatable bonds is 6. The van der Waals surface area contributed by atoms with Crippen LogP contribution in [0.4, 0.5) is 0 Å². The Morgan fingerprint density at radius 1 is 0.257 bits per heavy atom. The van der Waals surface area contributed by atoms with Gasteiger partial charge in [-0.15, -0.1) is 0 Å². The van der Waals surface area contributed by atoms with Crippen LogP contribution in [-0.2, 0) is 12.8 Å². The van der Waals surface area contributed by atoms with E-state index in [1.54, 1.807) is 0 Å². The average molecular weight is 937 g/mol. The van der Waals surface area contributed by atoms with Gasteiger partial charge in [-0.05, 0) is 196 Å². The number of hydrogen-bond acceptors (Lipinski definition) is 0. The molecule has 16 aromatic carbocycles. The summed E-state index contributed by atoms with van der Waals surface area (Å²) in [5.74, 6) is 0. The lowest BCUT2D eigenvalue weighted by atomic mass is 9.91. The fraction of sp³-hybridized carbons (Fsp3) is 0.108. The van der Waals surface area contributed by atoms with Crippen LogP contribution in [0.2, 0.25) is 0 Å². The zero-order valence-electron chi connectivity index (χ0n) is 41.6. The molecule has 16 aromatic rings. The number of unbranched alkanes of at least 4 members (excludes halogenated alkanes) is 2. The highest BCUT2D eigenvalue weighted by atomic mass is 14.2. The Morgan fingerprint density at radius 3 is 0.919 bits per heavy atom. The van der Waals surface area contributed by atoms with Crippen molar-refractivity contribution < 1.29 is 0 Å². The van der Waals surface area contributed by atoms with Crippen molar-refractivity contribution >= 4 is 129 Å². The second-order valence-corrected chi connectivity index (χ2v) is 19.5. The topological polar surface area (TPSA) is 0 Å². The number of hydrogen-bond donors (Lipinski definition) is 0. The highest BCUT2D eigenvalue weighted by Gasteiger charge is 2.13. The number of benzene rings is 12. The molecular weight excluding hydrogens is 889 g/mol. The molecule has 0 fully saturated rings. The summed E-state index contributed by atoms with van der Waals surface area (Å²) >= 11 is 0. The lowest BCUT2D eigenvalue weighted by Crippen LogP contribution is -1.91. The van der Waals surface area contributed by atoms with Gasteiger partial charge in [0.25, 0.3) is 0 Å². The summed E-state index contributed by atoms with van der Waals surface area (Å²) in [4.78, 5) is 0. The van der Waals surface area contributed by atoms with Crippen molar-refractivity contribution in [3.05, 3.63) is 254 Å². The molecular formula is C74H48. The van der Waals surface area contributed by atoms with Crippen molar-refractivity contribution in [2.45, 2.75) is 52.4 Å². The molecule has 0 heterocycles. The van der Waals surface area contributed by atoms with Gasteiger partial charge in [0.2, 0.25) is 0 Å². The second kappa shape index (κ2) is 18.9. The molecule has 0 atom stereocenters. The lowest BCUT2D eigenvalue weighted by Gasteiger charge is -2.12. The van der Waals surface area contributed by atoms with E-state index in [-0.39, 0.29) is 0 Å². The van der Waals surface area contributed by atoms with E-state index in [2.05, 4.69) is 257 Å². The molecule has 0 aromatic heterocycles. The Bertz CT molecular complexity index is 4570. The monoisotopic (exact) mass is 936 g/mol. The van der Waals surface area contributed by atoms with Crippen LogP contribution in [0, 0.1) is 60.7 Å². The Labute approximate surface area is 433 Å². The van der Waals surface area contributed by atoms with Gasteiger partial charge in [-0.25, -0.2) is 0 Å². The smallest absolute Gasteiger partial charge is 0.0406 e. The van der Waals surface area contributed by atoms with Crippen LogP contribution in [-0.4, -0.2) is 0 Å². The summed E-state index contributed by atoms with van der Waals surface area (Å²) in [6.07, 6.45) is 6.33. The highest BCUT2D eigenvalue weighted by Crippen LogP contribution is 2.37. The van der Waals surface area contributed by atoms with Gasteiger partial charge in [-0.1, -0.05) is 197 Å². The minimum atomic E-state index is 0.949. The third-order valence-electron chi connectivity index (χ3n) is 15.1. The summed E-state index contributed by atoms with van der Waals surface area (Å²) in [6, 6.07) is 101. The molecule has 0 saturated carbocycles. The lowest BCUT2D eigenvalue weighted by molar-refractivity contribution is 0.802. The quantitative estimate of drug-likeness (QED) is 0.146. The van der Waals surface area contributed by atoms with E-state index in [9.17, 15) is 0 Å². The molecule has 0 N–H and O–H groups in total.